The Morgan fingerprint density at radius 3 is 2.23 bits per heavy atom. The van der Waals surface area contributed by atoms with E-state index in [1.165, 1.54) is 19.3 Å². The summed E-state index contributed by atoms with van der Waals surface area (Å²) >= 11 is 0. The zero-order valence-electron chi connectivity index (χ0n) is 9.43. The molecule has 0 saturated carbocycles. The maximum Gasteiger partial charge on any atom is 0.105 e. The second-order valence-corrected chi connectivity index (χ2v) is 4.09. The lowest BCUT2D eigenvalue weighted by molar-refractivity contribution is 0.218. The summed E-state index contributed by atoms with van der Waals surface area (Å²) in [5, 5.41) is 9.02. The molecule has 0 amide bonds. The Balaban J connectivity index is 3.80. The standard InChI is InChI=1S/C11H22N2/c1-5-6-7-8-9-11(2,10-12)13(3)4/h5-9H2,1-4H3. The van der Waals surface area contributed by atoms with Gasteiger partial charge in [-0.15, -0.1) is 0 Å². The van der Waals surface area contributed by atoms with E-state index in [4.69, 9.17) is 5.26 Å². The summed E-state index contributed by atoms with van der Waals surface area (Å²) in [4.78, 5) is 2.01. The van der Waals surface area contributed by atoms with Crippen LogP contribution in [-0.2, 0) is 0 Å². The quantitative estimate of drug-likeness (QED) is 0.591. The van der Waals surface area contributed by atoms with E-state index in [9.17, 15) is 0 Å². The topological polar surface area (TPSA) is 27.0 Å². The fourth-order valence-electron chi connectivity index (χ4n) is 1.28. The van der Waals surface area contributed by atoms with Crippen LogP contribution in [0, 0.1) is 11.3 Å². The fourth-order valence-corrected chi connectivity index (χ4v) is 1.28. The molecule has 0 spiro atoms. The van der Waals surface area contributed by atoms with Crippen molar-refractivity contribution in [1.82, 2.24) is 4.90 Å². The van der Waals surface area contributed by atoms with E-state index < -0.39 is 0 Å². The molecule has 2 heteroatoms. The lowest BCUT2D eigenvalue weighted by Gasteiger charge is -2.29. The summed E-state index contributed by atoms with van der Waals surface area (Å²) in [7, 11) is 3.95. The van der Waals surface area contributed by atoms with Crippen LogP contribution in [0.5, 0.6) is 0 Å². The predicted octanol–water partition coefficient (Wildman–Crippen LogP) is 2.80. The number of nitrogens with zero attached hydrogens (tertiary/aromatic N) is 2. The Hall–Kier alpha value is -0.550. The van der Waals surface area contributed by atoms with Crippen LogP contribution in [0.25, 0.3) is 0 Å². The third kappa shape index (κ3) is 4.28. The molecule has 0 fully saturated rings. The minimum atomic E-state index is -0.270. The molecule has 0 N–H and O–H groups in total. The maximum absolute atomic E-state index is 9.02. The number of hydrogen-bond donors (Lipinski definition) is 0. The monoisotopic (exact) mass is 182 g/mol. The summed E-state index contributed by atoms with van der Waals surface area (Å²) in [6, 6.07) is 2.38. The van der Waals surface area contributed by atoms with Gasteiger partial charge < -0.3 is 0 Å². The zero-order valence-corrected chi connectivity index (χ0v) is 9.43. The van der Waals surface area contributed by atoms with Crippen molar-refractivity contribution in [1.29, 1.82) is 5.26 Å². The number of unbranched alkanes of at least 4 members (excludes halogenated alkanes) is 3. The van der Waals surface area contributed by atoms with Crippen LogP contribution in [0.1, 0.15) is 46.0 Å². The zero-order chi connectivity index (χ0) is 10.3. The van der Waals surface area contributed by atoms with Crippen LogP contribution < -0.4 is 0 Å². The number of nitriles is 1. The van der Waals surface area contributed by atoms with Crippen LogP contribution in [-0.4, -0.2) is 24.5 Å². The molecule has 1 unspecified atom stereocenters. The molecule has 0 aromatic rings. The molecule has 13 heavy (non-hydrogen) atoms. The molecule has 0 aliphatic rings. The first-order valence-corrected chi connectivity index (χ1v) is 5.15. The molecule has 0 aromatic carbocycles. The molecule has 0 aromatic heterocycles. The summed E-state index contributed by atoms with van der Waals surface area (Å²) < 4.78 is 0. The van der Waals surface area contributed by atoms with Gasteiger partial charge in [0, 0.05) is 0 Å². The molecule has 0 rings (SSSR count). The van der Waals surface area contributed by atoms with Crippen molar-refractivity contribution in [2.45, 2.75) is 51.5 Å². The van der Waals surface area contributed by atoms with Gasteiger partial charge >= 0.3 is 0 Å². The summed E-state index contributed by atoms with van der Waals surface area (Å²) in [6.07, 6.45) is 5.94. The van der Waals surface area contributed by atoms with Crippen LogP contribution >= 0.6 is 0 Å². The van der Waals surface area contributed by atoms with Gasteiger partial charge in [0.25, 0.3) is 0 Å². The minimum Gasteiger partial charge on any atom is -0.292 e. The normalized spacial score (nSPS) is 15.4. The minimum absolute atomic E-state index is 0.270. The molecule has 1 atom stereocenters. The highest BCUT2D eigenvalue weighted by molar-refractivity contribution is 5.03. The highest BCUT2D eigenvalue weighted by Gasteiger charge is 2.25. The lowest BCUT2D eigenvalue weighted by Crippen LogP contribution is -2.39. The van der Waals surface area contributed by atoms with Crippen molar-refractivity contribution in [3.8, 4) is 6.07 Å². The van der Waals surface area contributed by atoms with Crippen molar-refractivity contribution in [2.75, 3.05) is 14.1 Å². The van der Waals surface area contributed by atoms with Crippen LogP contribution in [0.3, 0.4) is 0 Å². The van der Waals surface area contributed by atoms with Crippen molar-refractivity contribution in [2.24, 2.45) is 0 Å². The molecular formula is C11H22N2. The molecule has 2 nitrogen and oxygen atoms in total. The lowest BCUT2D eigenvalue weighted by atomic mass is 9.94. The fraction of sp³-hybridized carbons (Fsp3) is 0.909. The van der Waals surface area contributed by atoms with E-state index in [1.54, 1.807) is 0 Å². The van der Waals surface area contributed by atoms with E-state index in [-0.39, 0.29) is 5.54 Å². The van der Waals surface area contributed by atoms with Crippen molar-refractivity contribution < 1.29 is 0 Å². The Morgan fingerprint density at radius 1 is 1.23 bits per heavy atom. The van der Waals surface area contributed by atoms with Crippen LogP contribution in [0.2, 0.25) is 0 Å². The van der Waals surface area contributed by atoms with Gasteiger partial charge in [0.1, 0.15) is 5.54 Å². The van der Waals surface area contributed by atoms with Gasteiger partial charge in [-0.05, 0) is 27.4 Å². The van der Waals surface area contributed by atoms with Gasteiger partial charge in [-0.25, -0.2) is 0 Å². The molecule has 0 heterocycles. The van der Waals surface area contributed by atoms with Gasteiger partial charge in [-0.1, -0.05) is 32.6 Å². The first kappa shape index (κ1) is 12.4. The Bertz CT molecular complexity index is 169. The van der Waals surface area contributed by atoms with Crippen LogP contribution in [0.4, 0.5) is 0 Å². The van der Waals surface area contributed by atoms with Crippen LogP contribution in [0.15, 0.2) is 0 Å². The van der Waals surface area contributed by atoms with E-state index in [0.717, 1.165) is 12.8 Å². The van der Waals surface area contributed by atoms with E-state index >= 15 is 0 Å². The second kappa shape index (κ2) is 5.99. The summed E-state index contributed by atoms with van der Waals surface area (Å²) in [5.74, 6) is 0. The van der Waals surface area contributed by atoms with E-state index in [0.29, 0.717) is 0 Å². The largest absolute Gasteiger partial charge is 0.292 e. The molecule has 0 radical (unpaired) electrons. The predicted molar refractivity (Wildman–Crippen MR) is 56.5 cm³/mol. The summed E-state index contributed by atoms with van der Waals surface area (Å²) in [5.41, 5.74) is -0.270. The summed E-state index contributed by atoms with van der Waals surface area (Å²) in [6.45, 7) is 4.22. The average molecular weight is 182 g/mol. The second-order valence-electron chi connectivity index (χ2n) is 4.09. The third-order valence-corrected chi connectivity index (χ3v) is 2.75. The SMILES string of the molecule is CCCCCCC(C)(C#N)N(C)C. The van der Waals surface area contributed by atoms with Gasteiger partial charge in [-0.3, -0.25) is 4.90 Å². The molecule has 0 saturated heterocycles. The Kier molecular flexibility index (Phi) is 5.73. The molecule has 0 aliphatic heterocycles. The third-order valence-electron chi connectivity index (χ3n) is 2.75. The highest BCUT2D eigenvalue weighted by atomic mass is 15.1. The van der Waals surface area contributed by atoms with Gasteiger partial charge in [0.15, 0.2) is 0 Å². The molecular weight excluding hydrogens is 160 g/mol. The Morgan fingerprint density at radius 2 is 1.85 bits per heavy atom. The number of hydrogen-bond acceptors (Lipinski definition) is 2. The van der Waals surface area contributed by atoms with Crippen molar-refractivity contribution in [3.63, 3.8) is 0 Å². The first-order valence-electron chi connectivity index (χ1n) is 5.15. The maximum atomic E-state index is 9.02. The van der Waals surface area contributed by atoms with Gasteiger partial charge in [-0.2, -0.15) is 5.26 Å². The van der Waals surface area contributed by atoms with Crippen molar-refractivity contribution in [3.05, 3.63) is 0 Å². The molecule has 0 bridgehead atoms. The van der Waals surface area contributed by atoms with Gasteiger partial charge in [0.05, 0.1) is 6.07 Å². The van der Waals surface area contributed by atoms with Crippen molar-refractivity contribution >= 4 is 0 Å². The number of rotatable bonds is 6. The van der Waals surface area contributed by atoms with E-state index in [1.807, 2.05) is 25.9 Å². The molecule has 0 aliphatic carbocycles. The molecule has 76 valence electrons. The Labute approximate surface area is 82.5 Å². The van der Waals surface area contributed by atoms with E-state index in [2.05, 4.69) is 13.0 Å². The first-order chi connectivity index (χ1) is 6.06. The highest BCUT2D eigenvalue weighted by Crippen LogP contribution is 2.19. The van der Waals surface area contributed by atoms with Gasteiger partial charge in [0.2, 0.25) is 0 Å². The smallest absolute Gasteiger partial charge is 0.105 e. The average Bonchev–Trinajstić information content (AvgIpc) is 2.12.